The number of carbonyl (C=O) groups excluding carboxylic acids is 1. The summed E-state index contributed by atoms with van der Waals surface area (Å²) in [5.41, 5.74) is 0. The largest absolute Gasteiger partial charge is 0.462 e. The molecular formula is C16H24O4. The second kappa shape index (κ2) is 5.86. The van der Waals surface area contributed by atoms with Crippen LogP contribution in [-0.4, -0.2) is 34.5 Å². The van der Waals surface area contributed by atoms with Crippen molar-refractivity contribution in [1.29, 1.82) is 0 Å². The van der Waals surface area contributed by atoms with Gasteiger partial charge in [0.1, 0.15) is 6.10 Å². The number of esters is 1. The molecule has 2 saturated carbocycles. The quantitative estimate of drug-likeness (QED) is 0.611. The van der Waals surface area contributed by atoms with E-state index in [9.17, 15) is 15.0 Å². The second-order valence-electron chi connectivity index (χ2n) is 6.55. The van der Waals surface area contributed by atoms with Crippen molar-refractivity contribution in [2.45, 2.75) is 63.3 Å². The van der Waals surface area contributed by atoms with Crippen molar-refractivity contribution in [3.8, 4) is 0 Å². The Morgan fingerprint density at radius 1 is 1.25 bits per heavy atom. The van der Waals surface area contributed by atoms with E-state index in [2.05, 4.69) is 0 Å². The number of fused-ring (bicyclic) bond motifs is 1. The van der Waals surface area contributed by atoms with Gasteiger partial charge in [-0.05, 0) is 18.8 Å². The zero-order valence-corrected chi connectivity index (χ0v) is 11.8. The molecule has 1 heterocycles. The molecule has 3 rings (SSSR count). The molecule has 0 amide bonds. The summed E-state index contributed by atoms with van der Waals surface area (Å²) in [6, 6.07) is 0. The van der Waals surface area contributed by atoms with Crippen molar-refractivity contribution in [1.82, 2.24) is 0 Å². The topological polar surface area (TPSA) is 66.8 Å². The summed E-state index contributed by atoms with van der Waals surface area (Å²) in [5.74, 6) is 0.242. The first-order valence-electron chi connectivity index (χ1n) is 7.89. The number of ether oxygens (including phenoxy) is 1. The van der Waals surface area contributed by atoms with E-state index >= 15 is 0 Å². The van der Waals surface area contributed by atoms with E-state index in [1.165, 1.54) is 19.3 Å². The number of aliphatic hydroxyl groups excluding tert-OH is 2. The van der Waals surface area contributed by atoms with E-state index in [0.717, 1.165) is 12.8 Å². The summed E-state index contributed by atoms with van der Waals surface area (Å²) in [5, 5.41) is 20.3. The van der Waals surface area contributed by atoms with Crippen molar-refractivity contribution < 1.29 is 19.7 Å². The van der Waals surface area contributed by atoms with E-state index in [-0.39, 0.29) is 23.9 Å². The van der Waals surface area contributed by atoms with E-state index in [1.54, 1.807) is 0 Å². The number of hydrogen-bond donors (Lipinski definition) is 2. The maximum Gasteiger partial charge on any atom is 0.306 e. The fourth-order valence-corrected chi connectivity index (χ4v) is 4.06. The number of hydrogen-bond acceptors (Lipinski definition) is 4. The van der Waals surface area contributed by atoms with Gasteiger partial charge in [-0.3, -0.25) is 4.79 Å². The first-order chi connectivity index (χ1) is 9.65. The van der Waals surface area contributed by atoms with Crippen LogP contribution in [0.1, 0.15) is 44.9 Å². The van der Waals surface area contributed by atoms with Crippen LogP contribution in [0.4, 0.5) is 0 Å². The van der Waals surface area contributed by atoms with Crippen LogP contribution in [0, 0.1) is 17.8 Å². The van der Waals surface area contributed by atoms with Gasteiger partial charge in [0.25, 0.3) is 0 Å². The van der Waals surface area contributed by atoms with Crippen LogP contribution in [0.15, 0.2) is 12.2 Å². The third-order valence-corrected chi connectivity index (χ3v) is 5.24. The van der Waals surface area contributed by atoms with Gasteiger partial charge in [0.05, 0.1) is 18.6 Å². The molecule has 5 atom stereocenters. The van der Waals surface area contributed by atoms with Gasteiger partial charge in [-0.25, -0.2) is 0 Å². The van der Waals surface area contributed by atoms with Crippen molar-refractivity contribution >= 4 is 5.97 Å². The lowest BCUT2D eigenvalue weighted by atomic mass is 9.84. The van der Waals surface area contributed by atoms with Crippen LogP contribution in [0.5, 0.6) is 0 Å². The third kappa shape index (κ3) is 2.77. The summed E-state index contributed by atoms with van der Waals surface area (Å²) < 4.78 is 5.21. The highest BCUT2D eigenvalue weighted by Crippen LogP contribution is 2.42. The molecular weight excluding hydrogens is 256 g/mol. The highest BCUT2D eigenvalue weighted by Gasteiger charge is 2.48. The van der Waals surface area contributed by atoms with E-state index < -0.39 is 12.2 Å². The molecule has 2 N–H and O–H groups in total. The molecule has 0 aromatic heterocycles. The molecule has 2 aliphatic carbocycles. The molecule has 1 aliphatic heterocycles. The highest BCUT2D eigenvalue weighted by molar-refractivity contribution is 5.72. The van der Waals surface area contributed by atoms with Gasteiger partial charge in [-0.1, -0.05) is 31.4 Å². The smallest absolute Gasteiger partial charge is 0.306 e. The first kappa shape index (κ1) is 14.1. The molecule has 0 spiro atoms. The lowest BCUT2D eigenvalue weighted by molar-refractivity contribution is -0.141. The predicted octanol–water partition coefficient (Wildman–Crippen LogP) is 1.80. The fourth-order valence-electron chi connectivity index (χ4n) is 4.06. The number of carbonyl (C=O) groups is 1. The average molecular weight is 280 g/mol. The fraction of sp³-hybridized carbons (Fsp3) is 0.812. The van der Waals surface area contributed by atoms with Gasteiger partial charge in [0, 0.05) is 18.3 Å². The minimum atomic E-state index is -0.451. The Kier molecular flexibility index (Phi) is 4.13. The number of aliphatic hydroxyl groups is 2. The van der Waals surface area contributed by atoms with Crippen LogP contribution in [-0.2, 0) is 9.53 Å². The van der Waals surface area contributed by atoms with E-state index in [0.29, 0.717) is 18.8 Å². The maximum absolute atomic E-state index is 11.3. The molecule has 0 aromatic rings. The Morgan fingerprint density at radius 3 is 2.75 bits per heavy atom. The van der Waals surface area contributed by atoms with Gasteiger partial charge < -0.3 is 14.9 Å². The summed E-state index contributed by atoms with van der Waals surface area (Å²) in [6.07, 6.45) is 9.57. The Bertz CT molecular complexity index is 386. The van der Waals surface area contributed by atoms with Gasteiger partial charge in [-0.15, -0.1) is 0 Å². The van der Waals surface area contributed by atoms with Crippen molar-refractivity contribution in [3.05, 3.63) is 12.2 Å². The van der Waals surface area contributed by atoms with Crippen LogP contribution in [0.2, 0.25) is 0 Å². The lowest BCUT2D eigenvalue weighted by Gasteiger charge is -2.25. The normalized spacial score (nSPS) is 40.0. The van der Waals surface area contributed by atoms with Gasteiger partial charge in [0.2, 0.25) is 0 Å². The van der Waals surface area contributed by atoms with Crippen LogP contribution < -0.4 is 0 Å². The molecule has 0 unspecified atom stereocenters. The summed E-state index contributed by atoms with van der Waals surface area (Å²) in [6.45, 7) is 0. The Balaban J connectivity index is 1.61. The summed E-state index contributed by atoms with van der Waals surface area (Å²) >= 11 is 0. The van der Waals surface area contributed by atoms with Crippen molar-refractivity contribution in [2.24, 2.45) is 17.8 Å². The summed E-state index contributed by atoms with van der Waals surface area (Å²) in [4.78, 5) is 11.3. The number of rotatable bonds is 3. The Labute approximate surface area is 119 Å². The summed E-state index contributed by atoms with van der Waals surface area (Å²) in [7, 11) is 0. The Morgan fingerprint density at radius 2 is 2.00 bits per heavy atom. The zero-order chi connectivity index (χ0) is 14.1. The Hall–Kier alpha value is -0.870. The molecule has 0 aromatic carbocycles. The van der Waals surface area contributed by atoms with E-state index in [4.69, 9.17) is 4.74 Å². The van der Waals surface area contributed by atoms with Crippen LogP contribution in [0.25, 0.3) is 0 Å². The van der Waals surface area contributed by atoms with Crippen LogP contribution >= 0.6 is 0 Å². The molecule has 20 heavy (non-hydrogen) atoms. The molecule has 3 fully saturated rings. The molecule has 4 nitrogen and oxygen atoms in total. The van der Waals surface area contributed by atoms with Gasteiger partial charge in [0.15, 0.2) is 0 Å². The molecule has 0 radical (unpaired) electrons. The van der Waals surface area contributed by atoms with Gasteiger partial charge >= 0.3 is 5.97 Å². The second-order valence-corrected chi connectivity index (χ2v) is 6.55. The molecule has 112 valence electrons. The standard InChI is InChI=1S/C16H24O4/c17-13(10-4-2-1-3-5-10)7-6-11-12-8-16(19)20-15(12)9-14(11)18/h6-7,10-15,17-18H,1-5,8-9H2/b7-6+/t11-,12-,13+,14-,15+/m1/s1. The SMILES string of the molecule is O=C1C[C@@H]2[C@@H](/C=C/[C@H](O)C3CCCCC3)[C@H](O)C[C@@H]2O1. The van der Waals surface area contributed by atoms with Crippen molar-refractivity contribution in [3.63, 3.8) is 0 Å². The van der Waals surface area contributed by atoms with Crippen molar-refractivity contribution in [2.75, 3.05) is 0 Å². The maximum atomic E-state index is 11.3. The van der Waals surface area contributed by atoms with E-state index in [1.807, 2.05) is 12.2 Å². The highest BCUT2D eigenvalue weighted by atomic mass is 16.6. The lowest BCUT2D eigenvalue weighted by Crippen LogP contribution is -2.22. The monoisotopic (exact) mass is 280 g/mol. The minimum Gasteiger partial charge on any atom is -0.462 e. The zero-order valence-electron chi connectivity index (χ0n) is 11.8. The molecule has 3 aliphatic rings. The average Bonchev–Trinajstić information content (AvgIpc) is 2.92. The molecule has 1 saturated heterocycles. The molecule has 4 heteroatoms. The van der Waals surface area contributed by atoms with Crippen LogP contribution in [0.3, 0.4) is 0 Å². The third-order valence-electron chi connectivity index (χ3n) is 5.24. The first-order valence-corrected chi connectivity index (χ1v) is 7.89. The minimum absolute atomic E-state index is 0.0512. The predicted molar refractivity (Wildman–Crippen MR) is 73.8 cm³/mol. The van der Waals surface area contributed by atoms with Gasteiger partial charge in [-0.2, -0.15) is 0 Å². The molecule has 0 bridgehead atoms.